The Labute approximate surface area is 133 Å². The molecule has 8 heteroatoms. The third-order valence-electron chi connectivity index (χ3n) is 2.28. The van der Waals surface area contributed by atoms with Crippen molar-refractivity contribution < 1.29 is 14.3 Å². The largest absolute Gasteiger partial charge is 0.477 e. The molecule has 2 heterocycles. The first kappa shape index (κ1) is 15.1. The molecular weight excluding hydrogens is 393 g/mol. The number of hydrogen-bond acceptors (Lipinski definition) is 5. The Balaban J connectivity index is 2.16. The van der Waals surface area contributed by atoms with Gasteiger partial charge in [-0.1, -0.05) is 6.92 Å². The molecule has 2 aromatic heterocycles. The Morgan fingerprint density at radius 1 is 1.60 bits per heavy atom. The summed E-state index contributed by atoms with van der Waals surface area (Å²) < 4.78 is 6.03. The standard InChI is InChI=1S/C12H12IN3O3S/c1-2-3-10-14-12(16-15-10)20-8(11(17)18)6-7-4-5-9(13)19-7/h4-6H,2-3H2,1H3,(H,17,18)(H,14,15,16)/b8-6+. The minimum absolute atomic E-state index is 0.109. The number of thioether (sulfide) groups is 1. The van der Waals surface area contributed by atoms with Crippen LogP contribution in [0.3, 0.4) is 0 Å². The van der Waals surface area contributed by atoms with Crippen molar-refractivity contribution in [2.24, 2.45) is 0 Å². The van der Waals surface area contributed by atoms with Crippen molar-refractivity contribution in [2.45, 2.75) is 24.9 Å². The van der Waals surface area contributed by atoms with E-state index in [9.17, 15) is 9.90 Å². The number of carboxylic acids is 1. The molecular formula is C12H12IN3O3S. The number of aromatic nitrogens is 3. The van der Waals surface area contributed by atoms with Gasteiger partial charge in [0, 0.05) is 12.5 Å². The van der Waals surface area contributed by atoms with Gasteiger partial charge < -0.3 is 9.52 Å². The van der Waals surface area contributed by atoms with E-state index in [-0.39, 0.29) is 4.91 Å². The zero-order valence-corrected chi connectivity index (χ0v) is 13.6. The average molecular weight is 405 g/mol. The number of furan rings is 1. The van der Waals surface area contributed by atoms with Crippen molar-refractivity contribution in [1.29, 1.82) is 0 Å². The molecule has 6 nitrogen and oxygen atoms in total. The van der Waals surface area contributed by atoms with Gasteiger partial charge in [0.05, 0.1) is 0 Å². The lowest BCUT2D eigenvalue weighted by Gasteiger charge is -1.97. The summed E-state index contributed by atoms with van der Waals surface area (Å²) in [5.41, 5.74) is 0. The van der Waals surface area contributed by atoms with Crippen LogP contribution in [-0.2, 0) is 11.2 Å². The SMILES string of the molecule is CCCc1nc(S/C(=C/c2ccc(I)o2)C(=O)O)n[nH]1. The van der Waals surface area contributed by atoms with Gasteiger partial charge in [-0.3, -0.25) is 5.10 Å². The van der Waals surface area contributed by atoms with Gasteiger partial charge in [0.2, 0.25) is 5.16 Å². The van der Waals surface area contributed by atoms with E-state index in [4.69, 9.17) is 4.42 Å². The minimum Gasteiger partial charge on any atom is -0.477 e. The van der Waals surface area contributed by atoms with E-state index < -0.39 is 5.97 Å². The third-order valence-corrected chi connectivity index (χ3v) is 3.73. The number of H-pyrrole nitrogens is 1. The Bertz CT molecular complexity index is 635. The van der Waals surface area contributed by atoms with E-state index in [1.54, 1.807) is 12.1 Å². The second kappa shape index (κ2) is 6.93. The zero-order chi connectivity index (χ0) is 14.5. The van der Waals surface area contributed by atoms with Gasteiger partial charge in [-0.25, -0.2) is 9.78 Å². The molecule has 0 aromatic carbocycles. The molecule has 0 saturated heterocycles. The molecule has 0 fully saturated rings. The molecule has 0 atom stereocenters. The van der Waals surface area contributed by atoms with Gasteiger partial charge >= 0.3 is 5.97 Å². The Morgan fingerprint density at radius 3 is 3.00 bits per heavy atom. The summed E-state index contributed by atoms with van der Waals surface area (Å²) in [6.07, 6.45) is 3.20. The number of aryl methyl sites for hydroxylation is 1. The highest BCUT2D eigenvalue weighted by Gasteiger charge is 2.14. The molecule has 2 aromatic rings. The van der Waals surface area contributed by atoms with Crippen LogP contribution in [0.4, 0.5) is 0 Å². The summed E-state index contributed by atoms with van der Waals surface area (Å²) in [6.45, 7) is 2.04. The second-order valence-electron chi connectivity index (χ2n) is 3.87. The first-order chi connectivity index (χ1) is 9.58. The zero-order valence-electron chi connectivity index (χ0n) is 10.6. The minimum atomic E-state index is -1.04. The molecule has 2 N–H and O–H groups in total. The predicted molar refractivity (Wildman–Crippen MR) is 83.3 cm³/mol. The van der Waals surface area contributed by atoms with Crippen LogP contribution in [0.1, 0.15) is 24.9 Å². The van der Waals surface area contributed by atoms with Crippen LogP contribution in [0, 0.1) is 3.77 Å². The number of hydrogen-bond donors (Lipinski definition) is 2. The summed E-state index contributed by atoms with van der Waals surface area (Å²) in [5, 5.41) is 16.4. The van der Waals surface area contributed by atoms with Crippen LogP contribution in [-0.4, -0.2) is 26.3 Å². The fourth-order valence-electron chi connectivity index (χ4n) is 1.44. The summed E-state index contributed by atoms with van der Waals surface area (Å²) in [4.78, 5) is 15.6. The topological polar surface area (TPSA) is 92.0 Å². The number of rotatable bonds is 6. The molecule has 20 heavy (non-hydrogen) atoms. The van der Waals surface area contributed by atoms with Crippen LogP contribution < -0.4 is 0 Å². The summed E-state index contributed by atoms with van der Waals surface area (Å²) in [5.74, 6) is 0.208. The smallest absolute Gasteiger partial charge is 0.342 e. The molecule has 0 aliphatic rings. The van der Waals surface area contributed by atoms with Crippen molar-refractivity contribution in [2.75, 3.05) is 0 Å². The lowest BCUT2D eigenvalue weighted by molar-refractivity contribution is -0.131. The highest BCUT2D eigenvalue weighted by molar-refractivity contribution is 14.1. The number of halogens is 1. The van der Waals surface area contributed by atoms with E-state index >= 15 is 0 Å². The Hall–Kier alpha value is -1.29. The number of aromatic amines is 1. The maximum atomic E-state index is 11.2. The van der Waals surface area contributed by atoms with Crippen LogP contribution in [0.15, 0.2) is 26.6 Å². The van der Waals surface area contributed by atoms with Crippen molar-refractivity contribution >= 4 is 46.4 Å². The van der Waals surface area contributed by atoms with E-state index in [0.717, 1.165) is 30.4 Å². The van der Waals surface area contributed by atoms with Crippen molar-refractivity contribution in [3.8, 4) is 0 Å². The molecule has 0 saturated carbocycles. The average Bonchev–Trinajstić information content (AvgIpc) is 2.99. The number of carboxylic acid groups (broad SMARTS) is 1. The fraction of sp³-hybridized carbons (Fsp3) is 0.250. The van der Waals surface area contributed by atoms with Gasteiger partial charge in [-0.15, -0.1) is 5.10 Å². The normalized spacial score (nSPS) is 11.8. The molecule has 0 spiro atoms. The fourth-order valence-corrected chi connectivity index (χ4v) is 2.58. The van der Waals surface area contributed by atoms with Gasteiger partial charge in [-0.2, -0.15) is 0 Å². The number of nitrogens with zero attached hydrogens (tertiary/aromatic N) is 2. The molecule has 0 unspecified atom stereocenters. The summed E-state index contributed by atoms with van der Waals surface area (Å²) in [7, 11) is 0. The molecule has 106 valence electrons. The van der Waals surface area contributed by atoms with Gasteiger partial charge in [0.1, 0.15) is 16.5 Å². The first-order valence-electron chi connectivity index (χ1n) is 5.88. The molecule has 0 amide bonds. The maximum Gasteiger partial charge on any atom is 0.342 e. The van der Waals surface area contributed by atoms with Crippen LogP contribution in [0.2, 0.25) is 0 Å². The first-order valence-corrected chi connectivity index (χ1v) is 7.77. The second-order valence-corrected chi connectivity index (χ2v) is 5.94. The van der Waals surface area contributed by atoms with Crippen LogP contribution >= 0.6 is 34.4 Å². The maximum absolute atomic E-state index is 11.2. The molecule has 2 rings (SSSR count). The van der Waals surface area contributed by atoms with Crippen LogP contribution in [0.25, 0.3) is 6.08 Å². The Morgan fingerprint density at radius 2 is 2.40 bits per heavy atom. The van der Waals surface area contributed by atoms with Crippen molar-refractivity contribution in [3.63, 3.8) is 0 Å². The molecule has 0 aliphatic carbocycles. The van der Waals surface area contributed by atoms with Gasteiger partial charge in [0.25, 0.3) is 0 Å². The highest BCUT2D eigenvalue weighted by Crippen LogP contribution is 2.26. The number of nitrogens with one attached hydrogen (secondary N) is 1. The quantitative estimate of drug-likeness (QED) is 0.436. The van der Waals surface area contributed by atoms with Crippen molar-refractivity contribution in [1.82, 2.24) is 15.2 Å². The summed E-state index contributed by atoms with van der Waals surface area (Å²) >= 11 is 3.01. The van der Waals surface area contributed by atoms with Crippen LogP contribution in [0.5, 0.6) is 0 Å². The van der Waals surface area contributed by atoms with E-state index in [0.29, 0.717) is 14.7 Å². The van der Waals surface area contributed by atoms with E-state index in [2.05, 4.69) is 15.2 Å². The number of aliphatic carboxylic acids is 1. The monoisotopic (exact) mass is 405 g/mol. The third kappa shape index (κ3) is 4.10. The Kier molecular flexibility index (Phi) is 5.24. The molecule has 0 radical (unpaired) electrons. The van der Waals surface area contributed by atoms with Gasteiger partial charge in [0.15, 0.2) is 3.77 Å². The van der Waals surface area contributed by atoms with E-state index in [1.807, 2.05) is 29.5 Å². The van der Waals surface area contributed by atoms with E-state index in [1.165, 1.54) is 6.08 Å². The van der Waals surface area contributed by atoms with Crippen molar-refractivity contribution in [3.05, 3.63) is 32.4 Å². The predicted octanol–water partition coefficient (Wildman–Crippen LogP) is 3.17. The molecule has 0 aliphatic heterocycles. The lowest BCUT2D eigenvalue weighted by atomic mass is 10.3. The van der Waals surface area contributed by atoms with Gasteiger partial charge in [-0.05, 0) is 52.9 Å². The summed E-state index contributed by atoms with van der Waals surface area (Å²) in [6, 6.07) is 3.48. The molecule has 0 bridgehead atoms. The highest BCUT2D eigenvalue weighted by atomic mass is 127. The number of carbonyl (C=O) groups is 1. The lowest BCUT2D eigenvalue weighted by Crippen LogP contribution is -1.97.